The lowest BCUT2D eigenvalue weighted by Crippen LogP contribution is -2.53. The second-order valence-corrected chi connectivity index (χ2v) is 10.6. The number of benzene rings is 1. The van der Waals surface area contributed by atoms with Gasteiger partial charge >= 0.3 is 0 Å². The van der Waals surface area contributed by atoms with E-state index in [0.29, 0.717) is 39.6 Å². The number of fused-ring (bicyclic) bond motifs is 1. The van der Waals surface area contributed by atoms with Crippen LogP contribution in [-0.4, -0.2) is 74.5 Å². The molecule has 2 aliphatic heterocycles. The van der Waals surface area contributed by atoms with Gasteiger partial charge in [-0.3, -0.25) is 9.69 Å². The molecule has 0 radical (unpaired) electrons. The molecule has 0 spiro atoms. The van der Waals surface area contributed by atoms with E-state index in [4.69, 9.17) is 33.9 Å². The molecule has 2 aromatic heterocycles. The van der Waals surface area contributed by atoms with Crippen molar-refractivity contribution in [3.05, 3.63) is 45.7 Å². The van der Waals surface area contributed by atoms with E-state index in [1.165, 1.54) is 19.3 Å². The van der Waals surface area contributed by atoms with Gasteiger partial charge in [0.1, 0.15) is 11.3 Å². The van der Waals surface area contributed by atoms with Crippen LogP contribution in [0.1, 0.15) is 54.7 Å². The first kappa shape index (κ1) is 27.9. The van der Waals surface area contributed by atoms with Crippen molar-refractivity contribution >= 4 is 58.5 Å². The molecular formula is C25H32Cl3N7O2. The number of halogens is 3. The van der Waals surface area contributed by atoms with Crippen LogP contribution in [0.2, 0.25) is 10.0 Å². The van der Waals surface area contributed by atoms with Crippen LogP contribution < -0.4 is 10.6 Å². The van der Waals surface area contributed by atoms with Gasteiger partial charge in [-0.25, -0.2) is 14.6 Å². The number of aliphatic hydroxyl groups excluding tert-OH is 1. The predicted octanol–water partition coefficient (Wildman–Crippen LogP) is 3.94. The zero-order valence-electron chi connectivity index (χ0n) is 20.7. The Morgan fingerprint density at radius 3 is 2.65 bits per heavy atom. The summed E-state index contributed by atoms with van der Waals surface area (Å²) in [7, 11) is 0. The summed E-state index contributed by atoms with van der Waals surface area (Å²) in [6.45, 7) is 5.76. The second kappa shape index (κ2) is 11.7. The molecular weight excluding hydrogens is 537 g/mol. The Kier molecular flexibility index (Phi) is 8.81. The fourth-order valence-corrected chi connectivity index (χ4v) is 6.16. The summed E-state index contributed by atoms with van der Waals surface area (Å²) in [4.78, 5) is 26.3. The molecule has 3 N–H and O–H groups in total. The average Bonchev–Trinajstić information content (AvgIpc) is 3.28. The molecule has 1 aromatic carbocycles. The number of nitrogens with two attached hydrogens (primary N) is 1. The Morgan fingerprint density at radius 2 is 1.97 bits per heavy atom. The standard InChI is InChI=1S/C25H31Cl2N7O2.ClH/c1-15(18-6-5-17(26)11-19(18)27)34-25-23(22(31-34)24(28)36)29-12-21(30-25)33-10-7-20(16(13-33)14-35)32-8-3-2-4-9-32;/h5-6,11-12,15-16,20,35H,2-4,7-10,13-14H2,1H3,(H2,28,36);1H. The van der Waals surface area contributed by atoms with E-state index in [-0.39, 0.29) is 36.7 Å². The number of amides is 1. The third-order valence-corrected chi connectivity index (χ3v) is 8.08. The first-order valence-corrected chi connectivity index (χ1v) is 13.2. The van der Waals surface area contributed by atoms with Crippen LogP contribution in [0, 0.1) is 5.92 Å². The number of likely N-dealkylation sites (tertiary alicyclic amines) is 1. The van der Waals surface area contributed by atoms with Crippen LogP contribution in [0.25, 0.3) is 11.2 Å². The first-order valence-electron chi connectivity index (χ1n) is 12.5. The summed E-state index contributed by atoms with van der Waals surface area (Å²) in [5, 5.41) is 15.7. The average molecular weight is 569 g/mol. The highest BCUT2D eigenvalue weighted by molar-refractivity contribution is 6.35. The first-order chi connectivity index (χ1) is 17.4. The van der Waals surface area contributed by atoms with Crippen LogP contribution >= 0.6 is 35.6 Å². The van der Waals surface area contributed by atoms with E-state index in [9.17, 15) is 9.90 Å². The Labute approximate surface area is 232 Å². The number of primary amides is 1. The number of nitrogens with zero attached hydrogens (tertiary/aromatic N) is 6. The quantitative estimate of drug-likeness (QED) is 0.463. The number of carbonyl (C=O) groups excluding carboxylic acids is 1. The van der Waals surface area contributed by atoms with Crippen molar-refractivity contribution in [2.24, 2.45) is 11.7 Å². The van der Waals surface area contributed by atoms with E-state index >= 15 is 0 Å². The summed E-state index contributed by atoms with van der Waals surface area (Å²) >= 11 is 12.6. The van der Waals surface area contributed by atoms with Crippen molar-refractivity contribution in [1.82, 2.24) is 24.6 Å². The maximum atomic E-state index is 12.1. The van der Waals surface area contributed by atoms with Gasteiger partial charge in [0.05, 0.1) is 12.2 Å². The number of hydrogen-bond donors (Lipinski definition) is 2. The molecule has 5 rings (SSSR count). The molecule has 12 heteroatoms. The molecule has 9 nitrogen and oxygen atoms in total. The molecule has 1 amide bonds. The Morgan fingerprint density at radius 1 is 1.22 bits per heavy atom. The largest absolute Gasteiger partial charge is 0.396 e. The third kappa shape index (κ3) is 5.52. The fraction of sp³-hybridized carbons (Fsp3) is 0.520. The van der Waals surface area contributed by atoms with E-state index in [0.717, 1.165) is 31.6 Å². The lowest BCUT2D eigenvalue weighted by Gasteiger charge is -2.45. The maximum Gasteiger partial charge on any atom is 0.271 e. The van der Waals surface area contributed by atoms with Gasteiger partial charge in [0, 0.05) is 41.7 Å². The molecule has 2 aliphatic rings. The van der Waals surface area contributed by atoms with Crippen molar-refractivity contribution < 1.29 is 9.90 Å². The van der Waals surface area contributed by atoms with Crippen molar-refractivity contribution in [1.29, 1.82) is 0 Å². The number of aromatic nitrogens is 4. The summed E-state index contributed by atoms with van der Waals surface area (Å²) < 4.78 is 1.64. The highest BCUT2D eigenvalue weighted by Crippen LogP contribution is 2.32. The molecule has 3 atom stereocenters. The minimum Gasteiger partial charge on any atom is -0.396 e. The fourth-order valence-electron chi connectivity index (χ4n) is 5.60. The molecule has 37 heavy (non-hydrogen) atoms. The number of aliphatic hydroxyl groups is 1. The number of rotatable bonds is 6. The lowest BCUT2D eigenvalue weighted by molar-refractivity contribution is 0.0676. The van der Waals surface area contributed by atoms with Gasteiger partial charge in [0.2, 0.25) is 0 Å². The Bertz CT molecular complexity index is 1260. The summed E-state index contributed by atoms with van der Waals surface area (Å²) in [6, 6.07) is 5.31. The molecule has 0 saturated carbocycles. The van der Waals surface area contributed by atoms with Crippen LogP contribution in [0.15, 0.2) is 24.4 Å². The second-order valence-electron chi connectivity index (χ2n) is 9.74. The Hall–Kier alpha value is -2.17. The van der Waals surface area contributed by atoms with Gasteiger partial charge in [-0.15, -0.1) is 12.4 Å². The highest BCUT2D eigenvalue weighted by atomic mass is 35.5. The minimum atomic E-state index is -0.669. The van der Waals surface area contributed by atoms with Crippen LogP contribution in [-0.2, 0) is 0 Å². The highest BCUT2D eigenvalue weighted by Gasteiger charge is 2.34. The van der Waals surface area contributed by atoms with Gasteiger partial charge in [0.15, 0.2) is 11.3 Å². The van der Waals surface area contributed by atoms with E-state index in [1.54, 1.807) is 23.0 Å². The van der Waals surface area contributed by atoms with Crippen molar-refractivity contribution in [2.75, 3.05) is 37.7 Å². The third-order valence-electron chi connectivity index (χ3n) is 7.52. The van der Waals surface area contributed by atoms with Crippen LogP contribution in [0.4, 0.5) is 5.82 Å². The molecule has 0 bridgehead atoms. The molecule has 3 aromatic rings. The van der Waals surface area contributed by atoms with Gasteiger partial charge < -0.3 is 15.7 Å². The molecule has 200 valence electrons. The summed E-state index contributed by atoms with van der Waals surface area (Å²) in [5.41, 5.74) is 7.28. The van der Waals surface area contributed by atoms with Crippen molar-refractivity contribution in [3.8, 4) is 0 Å². The SMILES string of the molecule is CC(c1ccc(Cl)cc1Cl)n1nc(C(N)=O)c2ncc(N3CCC(N4CCCCC4)C(CO)C3)nc21.Cl. The zero-order valence-corrected chi connectivity index (χ0v) is 23.0. The summed E-state index contributed by atoms with van der Waals surface area (Å²) in [5.74, 6) is 0.148. The number of carbonyl (C=O) groups is 1. The Balaban J connectivity index is 0.00000320. The van der Waals surface area contributed by atoms with Crippen LogP contribution in [0.5, 0.6) is 0 Å². The van der Waals surface area contributed by atoms with Crippen molar-refractivity contribution in [2.45, 2.75) is 44.7 Å². The van der Waals surface area contributed by atoms with E-state index in [1.807, 2.05) is 13.0 Å². The van der Waals surface area contributed by atoms with Gasteiger partial charge in [0.25, 0.3) is 5.91 Å². The molecule has 0 aliphatic carbocycles. The van der Waals surface area contributed by atoms with Crippen LogP contribution in [0.3, 0.4) is 0 Å². The van der Waals surface area contributed by atoms with E-state index < -0.39 is 5.91 Å². The molecule has 2 fully saturated rings. The minimum absolute atomic E-state index is 0. The van der Waals surface area contributed by atoms with E-state index in [2.05, 4.69) is 19.9 Å². The molecule has 3 unspecified atom stereocenters. The van der Waals surface area contributed by atoms with Crippen molar-refractivity contribution in [3.63, 3.8) is 0 Å². The predicted molar refractivity (Wildman–Crippen MR) is 148 cm³/mol. The molecule has 2 saturated heterocycles. The monoisotopic (exact) mass is 567 g/mol. The van der Waals surface area contributed by atoms with Gasteiger partial charge in [-0.05, 0) is 57.0 Å². The number of piperidine rings is 2. The number of hydrogen-bond acceptors (Lipinski definition) is 7. The summed E-state index contributed by atoms with van der Waals surface area (Å²) in [6.07, 6.45) is 6.35. The smallest absolute Gasteiger partial charge is 0.271 e. The van der Waals surface area contributed by atoms with Gasteiger partial charge in [-0.2, -0.15) is 5.10 Å². The zero-order chi connectivity index (χ0) is 25.4. The number of anilines is 1. The normalized spacial score (nSPS) is 21.6. The maximum absolute atomic E-state index is 12.1. The van der Waals surface area contributed by atoms with Gasteiger partial charge in [-0.1, -0.05) is 35.7 Å². The topological polar surface area (TPSA) is 113 Å². The molecule has 4 heterocycles. The lowest BCUT2D eigenvalue weighted by atomic mass is 9.90.